The van der Waals surface area contributed by atoms with Gasteiger partial charge in [-0.2, -0.15) is 0 Å². The number of carboxylic acid groups (broad SMARTS) is 1. The molecular weight excluding hydrogens is 1010 g/mol. The smallest absolute Gasteiger partial charge is 0.326 e. The summed E-state index contributed by atoms with van der Waals surface area (Å²) in [6.45, 7) is 1.76. The quantitative estimate of drug-likeness (QED) is 0.0308. The van der Waals surface area contributed by atoms with Gasteiger partial charge in [-0.3, -0.25) is 53.1 Å². The second-order valence-corrected chi connectivity index (χ2v) is 18.6. The zero-order valence-electron chi connectivity index (χ0n) is 43.9. The van der Waals surface area contributed by atoms with Gasteiger partial charge >= 0.3 is 5.97 Å². The van der Waals surface area contributed by atoms with E-state index in [0.29, 0.717) is 17.5 Å². The first-order chi connectivity index (χ1) is 37.3. The van der Waals surface area contributed by atoms with Crippen LogP contribution in [0.1, 0.15) is 88.7 Å². The van der Waals surface area contributed by atoms with Crippen molar-refractivity contribution in [2.45, 2.75) is 133 Å². The standard InChI is InChI=1S/C51H74N16O11/c1-3-41(69)61-33(16-10-25-59-51(55)56-2)43(71)64-36-20-22-42(70)57-23-11-18-37(49(77)78)65-48(76)39(27-30-28-60-32-15-8-7-14-31(30)32)67-44(72)34(17-9-24-58-50(53)54)62-47(75)38(26-29-12-5-4-6-13-29)66-46(74)35(63-45(36)73)19-21-40(52)68/h4-8,12-15,28,33-39,60H,3,9-11,16-27H2,1-2H3,(H2,52,68)(H,57,70)(H,61,69)(H,62,75)(H,63,73)(H,64,71)(H,65,76)(H,66,74)(H,67,72)(H,77,78)(H4,53,54,58)(H3,55,56,59)/t33-,34-,35-,36-,37?,38+,39-/m0/s1. The average Bonchev–Trinajstić information content (AvgIpc) is 3.83. The van der Waals surface area contributed by atoms with Gasteiger partial charge in [0.05, 0.1) is 0 Å². The maximum atomic E-state index is 14.6. The molecule has 1 saturated heterocycles. The summed E-state index contributed by atoms with van der Waals surface area (Å²) in [7, 11) is 1.48. The molecule has 2 heterocycles. The molecule has 1 aliphatic heterocycles. The fraction of sp³-hybridized carbons (Fsp3) is 0.490. The Morgan fingerprint density at radius 3 is 2.05 bits per heavy atom. The van der Waals surface area contributed by atoms with Crippen LogP contribution in [0.3, 0.4) is 0 Å². The molecule has 0 radical (unpaired) electrons. The van der Waals surface area contributed by atoms with Crippen molar-refractivity contribution in [1.29, 1.82) is 0 Å². The van der Waals surface area contributed by atoms with Gasteiger partial charge in [0.1, 0.15) is 42.3 Å². The zero-order valence-corrected chi connectivity index (χ0v) is 43.9. The van der Waals surface area contributed by atoms with E-state index in [0.717, 1.165) is 10.9 Å². The molecule has 0 saturated carbocycles. The highest BCUT2D eigenvalue weighted by atomic mass is 16.4. The van der Waals surface area contributed by atoms with Gasteiger partial charge in [0.25, 0.3) is 0 Å². The minimum atomic E-state index is -1.59. The van der Waals surface area contributed by atoms with Crippen LogP contribution in [-0.2, 0) is 60.8 Å². The van der Waals surface area contributed by atoms with Gasteiger partial charge in [-0.25, -0.2) is 4.79 Å². The molecule has 4 rings (SSSR count). The molecule has 1 unspecified atom stereocenters. The normalized spacial score (nSPS) is 21.0. The van der Waals surface area contributed by atoms with Crippen LogP contribution < -0.4 is 70.8 Å². The minimum Gasteiger partial charge on any atom is -0.480 e. The Morgan fingerprint density at radius 2 is 1.38 bits per heavy atom. The number of rotatable bonds is 20. The third kappa shape index (κ3) is 21.1. The fourth-order valence-electron chi connectivity index (χ4n) is 8.34. The summed E-state index contributed by atoms with van der Waals surface area (Å²) in [5.74, 6) is -8.87. The maximum absolute atomic E-state index is 14.6. The molecule has 0 bridgehead atoms. The summed E-state index contributed by atoms with van der Waals surface area (Å²) in [6, 6.07) is 5.49. The molecule has 424 valence electrons. The molecular formula is C51H74N16O11. The molecule has 1 fully saturated rings. The van der Waals surface area contributed by atoms with E-state index in [2.05, 4.69) is 62.8 Å². The molecule has 1 aromatic heterocycles. The number of nitrogens with one attached hydrogen (secondary N) is 10. The van der Waals surface area contributed by atoms with Gasteiger partial charge in [0, 0.05) is 75.9 Å². The molecule has 1 aliphatic rings. The molecule has 2 aromatic carbocycles. The van der Waals surface area contributed by atoms with Crippen LogP contribution in [0, 0.1) is 0 Å². The lowest BCUT2D eigenvalue weighted by Gasteiger charge is -2.28. The lowest BCUT2D eigenvalue weighted by Crippen LogP contribution is -2.60. The van der Waals surface area contributed by atoms with E-state index in [1.54, 1.807) is 61.7 Å². The first-order valence-corrected chi connectivity index (χ1v) is 25.8. The highest BCUT2D eigenvalue weighted by molar-refractivity contribution is 5.98. The summed E-state index contributed by atoms with van der Waals surface area (Å²) in [5, 5.41) is 34.9. The number of aliphatic carboxylic acids is 1. The van der Waals surface area contributed by atoms with Crippen LogP contribution in [0.4, 0.5) is 0 Å². The molecule has 78 heavy (non-hydrogen) atoms. The number of guanidine groups is 2. The third-order valence-electron chi connectivity index (χ3n) is 12.6. The number of H-pyrrole nitrogens is 1. The van der Waals surface area contributed by atoms with E-state index < -0.39 is 121 Å². The minimum absolute atomic E-state index is 0.0146. The molecule has 27 heteroatoms. The van der Waals surface area contributed by atoms with E-state index in [1.807, 2.05) is 6.07 Å². The van der Waals surface area contributed by atoms with Crippen molar-refractivity contribution < 1.29 is 53.1 Å². The van der Waals surface area contributed by atoms with Crippen LogP contribution in [0.15, 0.2) is 70.8 Å². The number of aromatic amines is 1. The second kappa shape index (κ2) is 32.0. The second-order valence-electron chi connectivity index (χ2n) is 18.6. The van der Waals surface area contributed by atoms with E-state index in [4.69, 9.17) is 22.9 Å². The van der Waals surface area contributed by atoms with Gasteiger partial charge in [-0.05, 0) is 68.6 Å². The van der Waals surface area contributed by atoms with Gasteiger partial charge in [0.15, 0.2) is 11.9 Å². The third-order valence-corrected chi connectivity index (χ3v) is 12.6. The van der Waals surface area contributed by atoms with Crippen LogP contribution in [-0.4, -0.2) is 150 Å². The van der Waals surface area contributed by atoms with Gasteiger partial charge in [-0.15, -0.1) is 0 Å². The topological polar surface area (TPSA) is 444 Å². The SMILES string of the molecule is CCC(=O)N[C@@H](CCCNC(N)=NC)C(=O)N[C@H]1CCC(=O)NCCCC(C(=O)O)NC(=O)[C@H](Cc2c[nH]c3ccccc23)NC(=O)[C@H](CCCN=C(N)N)NC(=O)[C@@H](Cc2ccccc2)NC(=O)[C@H](CCC(N)=O)NC1=O. The number of carboxylic acids is 1. The summed E-state index contributed by atoms with van der Waals surface area (Å²) in [4.78, 5) is 148. The Bertz CT molecular complexity index is 2620. The summed E-state index contributed by atoms with van der Waals surface area (Å²) >= 11 is 0. The van der Waals surface area contributed by atoms with E-state index in [-0.39, 0.29) is 89.3 Å². The highest BCUT2D eigenvalue weighted by Gasteiger charge is 2.35. The molecule has 19 N–H and O–H groups in total. The molecule has 3 aromatic rings. The number of aromatic nitrogens is 1. The number of carbonyl (C=O) groups is 10. The predicted octanol–water partition coefficient (Wildman–Crippen LogP) is -2.84. The van der Waals surface area contributed by atoms with Gasteiger partial charge in [-0.1, -0.05) is 55.5 Å². The number of fused-ring (bicyclic) bond motifs is 1. The summed E-state index contributed by atoms with van der Waals surface area (Å²) < 4.78 is 0. The zero-order chi connectivity index (χ0) is 57.1. The number of aliphatic imine (C=N–C) groups is 2. The fourth-order valence-corrected chi connectivity index (χ4v) is 8.34. The van der Waals surface area contributed by atoms with Crippen molar-refractivity contribution in [2.75, 3.05) is 26.7 Å². The van der Waals surface area contributed by atoms with Crippen LogP contribution in [0.2, 0.25) is 0 Å². The number of para-hydroxylation sites is 1. The molecule has 9 amide bonds. The Morgan fingerprint density at radius 1 is 0.756 bits per heavy atom. The van der Waals surface area contributed by atoms with Crippen LogP contribution in [0.5, 0.6) is 0 Å². The highest BCUT2D eigenvalue weighted by Crippen LogP contribution is 2.20. The van der Waals surface area contributed by atoms with Crippen molar-refractivity contribution >= 4 is 82.0 Å². The van der Waals surface area contributed by atoms with Crippen molar-refractivity contribution in [3.63, 3.8) is 0 Å². The lowest BCUT2D eigenvalue weighted by molar-refractivity contribution is -0.142. The van der Waals surface area contributed by atoms with E-state index in [1.165, 1.54) is 7.05 Å². The largest absolute Gasteiger partial charge is 0.480 e. The molecule has 7 atom stereocenters. The van der Waals surface area contributed by atoms with Crippen molar-refractivity contribution in [3.8, 4) is 0 Å². The van der Waals surface area contributed by atoms with Gasteiger partial charge in [0.2, 0.25) is 53.2 Å². The Hall–Kier alpha value is -8.78. The van der Waals surface area contributed by atoms with E-state index >= 15 is 0 Å². The number of nitrogens with two attached hydrogens (primary N) is 4. The number of hydrogen-bond donors (Lipinski definition) is 15. The summed E-state index contributed by atoms with van der Waals surface area (Å²) in [5.41, 5.74) is 24.2. The van der Waals surface area contributed by atoms with E-state index in [9.17, 15) is 53.1 Å². The van der Waals surface area contributed by atoms with Crippen molar-refractivity contribution in [2.24, 2.45) is 32.9 Å². The number of carbonyl (C=O) groups excluding carboxylic acids is 9. The van der Waals surface area contributed by atoms with Gasteiger partial charge < -0.3 is 80.9 Å². The Labute approximate surface area is 450 Å². The van der Waals surface area contributed by atoms with Crippen molar-refractivity contribution in [3.05, 3.63) is 71.9 Å². The average molecular weight is 1090 g/mol. The Balaban J connectivity index is 1.78. The number of nitrogens with zero attached hydrogens (tertiary/aromatic N) is 2. The van der Waals surface area contributed by atoms with Crippen LogP contribution >= 0.6 is 0 Å². The Kier molecular flexibility index (Phi) is 25.3. The molecule has 0 spiro atoms. The first kappa shape index (κ1) is 61.8. The lowest BCUT2D eigenvalue weighted by atomic mass is 10.0. The molecule has 0 aliphatic carbocycles. The molecule has 27 nitrogen and oxygen atoms in total. The number of primary amides is 1. The predicted molar refractivity (Wildman–Crippen MR) is 288 cm³/mol. The monoisotopic (exact) mass is 1090 g/mol. The van der Waals surface area contributed by atoms with Crippen LogP contribution in [0.25, 0.3) is 10.9 Å². The van der Waals surface area contributed by atoms with Crippen molar-refractivity contribution in [1.82, 2.24) is 52.8 Å². The number of hydrogen-bond acceptors (Lipinski definition) is 12. The summed E-state index contributed by atoms with van der Waals surface area (Å²) in [6.07, 6.45) is -0.0476. The number of amides is 9. The maximum Gasteiger partial charge on any atom is 0.326 e. The first-order valence-electron chi connectivity index (χ1n) is 25.8. The number of benzene rings is 2.